The first kappa shape index (κ1) is 20.8. The van der Waals surface area contributed by atoms with Gasteiger partial charge in [-0.25, -0.2) is 4.90 Å². The molecule has 0 saturated carbocycles. The Morgan fingerprint density at radius 2 is 1.73 bits per heavy atom. The number of amides is 3. The molecule has 152 valence electrons. The normalized spacial score (nSPS) is 13.5. The second-order valence-corrected chi connectivity index (χ2v) is 6.73. The van der Waals surface area contributed by atoms with Crippen LogP contribution in [-0.4, -0.2) is 47.9 Å². The third kappa shape index (κ3) is 3.92. The lowest BCUT2D eigenvalue weighted by Gasteiger charge is -2.20. The molecule has 2 aromatic carbocycles. The lowest BCUT2D eigenvalue weighted by atomic mass is 10.0. The van der Waals surface area contributed by atoms with Crippen LogP contribution < -0.4 is 10.2 Å². The number of carbonyl (C=O) groups is 3. The van der Waals surface area contributed by atoms with Crippen molar-refractivity contribution in [3.63, 3.8) is 0 Å². The standard InChI is InChI=1S/C22H20N4O4/c1-14(28)24-17-7-5-16(6-8-17)19-20(25(2)11-12-27)22(30)26(21(19)29)18-9-3-15(13-23)4-10-18/h3-10,27H,11-12H2,1-2H3,(H,24,28). The van der Waals surface area contributed by atoms with Gasteiger partial charge in [-0.1, -0.05) is 12.1 Å². The summed E-state index contributed by atoms with van der Waals surface area (Å²) in [5, 5.41) is 21.0. The van der Waals surface area contributed by atoms with E-state index in [4.69, 9.17) is 5.26 Å². The minimum Gasteiger partial charge on any atom is -0.395 e. The third-order valence-electron chi connectivity index (χ3n) is 4.63. The highest BCUT2D eigenvalue weighted by Gasteiger charge is 2.41. The average molecular weight is 404 g/mol. The summed E-state index contributed by atoms with van der Waals surface area (Å²) >= 11 is 0. The number of nitriles is 1. The van der Waals surface area contributed by atoms with E-state index in [1.165, 1.54) is 19.1 Å². The van der Waals surface area contributed by atoms with Gasteiger partial charge in [-0.2, -0.15) is 5.26 Å². The van der Waals surface area contributed by atoms with E-state index in [1.807, 2.05) is 6.07 Å². The number of likely N-dealkylation sites (N-methyl/N-ethyl adjacent to an activating group) is 1. The Morgan fingerprint density at radius 1 is 1.10 bits per heavy atom. The number of rotatable bonds is 6. The number of nitrogens with zero attached hydrogens (tertiary/aromatic N) is 3. The van der Waals surface area contributed by atoms with Crippen LogP contribution >= 0.6 is 0 Å². The number of benzene rings is 2. The molecule has 0 atom stereocenters. The van der Waals surface area contributed by atoms with E-state index in [2.05, 4.69) is 5.32 Å². The lowest BCUT2D eigenvalue weighted by Crippen LogP contribution is -2.34. The second kappa shape index (κ2) is 8.59. The maximum Gasteiger partial charge on any atom is 0.282 e. The number of imide groups is 1. The van der Waals surface area contributed by atoms with E-state index in [0.29, 0.717) is 22.5 Å². The molecule has 3 rings (SSSR count). The molecule has 0 fully saturated rings. The van der Waals surface area contributed by atoms with Crippen molar-refractivity contribution in [1.29, 1.82) is 5.26 Å². The van der Waals surface area contributed by atoms with Crippen LogP contribution in [0.2, 0.25) is 0 Å². The van der Waals surface area contributed by atoms with E-state index < -0.39 is 11.8 Å². The average Bonchev–Trinajstić information content (AvgIpc) is 2.99. The van der Waals surface area contributed by atoms with Crippen molar-refractivity contribution in [2.75, 3.05) is 30.4 Å². The van der Waals surface area contributed by atoms with E-state index in [1.54, 1.807) is 48.3 Å². The molecule has 0 bridgehead atoms. The molecule has 0 spiro atoms. The summed E-state index contributed by atoms with van der Waals surface area (Å²) in [6.07, 6.45) is 0. The zero-order valence-corrected chi connectivity index (χ0v) is 16.5. The van der Waals surface area contributed by atoms with E-state index in [-0.39, 0.29) is 30.3 Å². The molecule has 0 aliphatic carbocycles. The molecule has 8 heteroatoms. The minimum atomic E-state index is -0.512. The highest BCUT2D eigenvalue weighted by Crippen LogP contribution is 2.34. The monoisotopic (exact) mass is 404 g/mol. The maximum absolute atomic E-state index is 13.3. The van der Waals surface area contributed by atoms with Crippen molar-refractivity contribution in [2.24, 2.45) is 0 Å². The largest absolute Gasteiger partial charge is 0.395 e. The quantitative estimate of drug-likeness (QED) is 0.709. The molecule has 3 amide bonds. The fraction of sp³-hybridized carbons (Fsp3) is 0.182. The highest BCUT2D eigenvalue weighted by molar-refractivity contribution is 6.45. The molecule has 2 aromatic rings. The summed E-state index contributed by atoms with van der Waals surface area (Å²) < 4.78 is 0. The highest BCUT2D eigenvalue weighted by atomic mass is 16.3. The Kier molecular flexibility index (Phi) is 5.95. The van der Waals surface area contributed by atoms with Crippen LogP contribution in [0.25, 0.3) is 5.57 Å². The first-order chi connectivity index (χ1) is 14.4. The van der Waals surface area contributed by atoms with Gasteiger partial charge in [0, 0.05) is 26.2 Å². The van der Waals surface area contributed by atoms with Crippen molar-refractivity contribution in [3.05, 3.63) is 65.4 Å². The number of aliphatic hydroxyl groups is 1. The molecule has 30 heavy (non-hydrogen) atoms. The van der Waals surface area contributed by atoms with Crippen molar-refractivity contribution in [3.8, 4) is 6.07 Å². The fourth-order valence-corrected chi connectivity index (χ4v) is 3.24. The Hall–Kier alpha value is -3.96. The van der Waals surface area contributed by atoms with E-state index in [0.717, 1.165) is 4.90 Å². The SMILES string of the molecule is CC(=O)Nc1ccc(C2=C(N(C)CCO)C(=O)N(c3ccc(C#N)cc3)C2=O)cc1. The van der Waals surface area contributed by atoms with Crippen molar-refractivity contribution >= 4 is 34.7 Å². The Balaban J connectivity index is 2.05. The summed E-state index contributed by atoms with van der Waals surface area (Å²) in [5.41, 5.74) is 2.22. The van der Waals surface area contributed by atoms with Gasteiger partial charge in [0.05, 0.1) is 29.5 Å². The van der Waals surface area contributed by atoms with Gasteiger partial charge in [0.2, 0.25) is 5.91 Å². The van der Waals surface area contributed by atoms with Gasteiger partial charge >= 0.3 is 0 Å². The predicted octanol–water partition coefficient (Wildman–Crippen LogP) is 1.73. The maximum atomic E-state index is 13.3. The van der Waals surface area contributed by atoms with Crippen molar-refractivity contribution in [2.45, 2.75) is 6.92 Å². The lowest BCUT2D eigenvalue weighted by molar-refractivity contribution is -0.120. The third-order valence-corrected chi connectivity index (χ3v) is 4.63. The molecule has 0 unspecified atom stereocenters. The van der Waals surface area contributed by atoms with Crippen molar-refractivity contribution < 1.29 is 19.5 Å². The van der Waals surface area contributed by atoms with E-state index in [9.17, 15) is 19.5 Å². The van der Waals surface area contributed by atoms with Crippen LogP contribution in [0, 0.1) is 11.3 Å². The molecule has 0 saturated heterocycles. The second-order valence-electron chi connectivity index (χ2n) is 6.73. The Labute approximate surface area is 173 Å². The molecule has 0 radical (unpaired) electrons. The van der Waals surface area contributed by atoms with Crippen LogP contribution in [0.1, 0.15) is 18.1 Å². The summed E-state index contributed by atoms with van der Waals surface area (Å²) in [4.78, 5) is 40.3. The van der Waals surface area contributed by atoms with Gasteiger partial charge in [-0.05, 0) is 42.0 Å². The summed E-state index contributed by atoms with van der Waals surface area (Å²) in [5.74, 6) is -1.23. The van der Waals surface area contributed by atoms with Gasteiger partial charge in [0.15, 0.2) is 0 Å². The number of hydrogen-bond donors (Lipinski definition) is 2. The molecule has 2 N–H and O–H groups in total. The smallest absolute Gasteiger partial charge is 0.282 e. The van der Waals surface area contributed by atoms with Gasteiger partial charge in [-0.15, -0.1) is 0 Å². The summed E-state index contributed by atoms with van der Waals surface area (Å²) in [7, 11) is 1.63. The fourth-order valence-electron chi connectivity index (χ4n) is 3.24. The van der Waals surface area contributed by atoms with Gasteiger partial charge in [0.25, 0.3) is 11.8 Å². The Bertz CT molecular complexity index is 1070. The summed E-state index contributed by atoms with van der Waals surface area (Å²) in [6.45, 7) is 1.38. The van der Waals surface area contributed by atoms with Gasteiger partial charge in [-0.3, -0.25) is 14.4 Å². The molecular formula is C22H20N4O4. The molecular weight excluding hydrogens is 384 g/mol. The number of hydrogen-bond acceptors (Lipinski definition) is 6. The zero-order valence-electron chi connectivity index (χ0n) is 16.5. The number of aliphatic hydroxyl groups excluding tert-OH is 1. The van der Waals surface area contributed by atoms with Crippen LogP contribution in [0.15, 0.2) is 54.2 Å². The zero-order chi connectivity index (χ0) is 21.8. The molecule has 1 aliphatic rings. The predicted molar refractivity (Wildman–Crippen MR) is 111 cm³/mol. The first-order valence-corrected chi connectivity index (χ1v) is 9.20. The van der Waals surface area contributed by atoms with Crippen LogP contribution in [0.3, 0.4) is 0 Å². The number of nitrogens with one attached hydrogen (secondary N) is 1. The Morgan fingerprint density at radius 3 is 2.27 bits per heavy atom. The van der Waals surface area contributed by atoms with Crippen LogP contribution in [0.4, 0.5) is 11.4 Å². The van der Waals surface area contributed by atoms with Crippen molar-refractivity contribution in [1.82, 2.24) is 4.90 Å². The first-order valence-electron chi connectivity index (χ1n) is 9.20. The molecule has 1 aliphatic heterocycles. The number of anilines is 2. The van der Waals surface area contributed by atoms with Gasteiger partial charge in [0.1, 0.15) is 5.70 Å². The molecule has 8 nitrogen and oxygen atoms in total. The van der Waals surface area contributed by atoms with E-state index >= 15 is 0 Å². The minimum absolute atomic E-state index is 0.170. The molecule has 1 heterocycles. The van der Waals surface area contributed by atoms with Gasteiger partial charge < -0.3 is 15.3 Å². The van der Waals surface area contributed by atoms with Crippen LogP contribution in [-0.2, 0) is 14.4 Å². The molecule has 0 aromatic heterocycles. The topological polar surface area (TPSA) is 114 Å². The number of carbonyl (C=O) groups excluding carboxylic acids is 3. The summed E-state index contributed by atoms with van der Waals surface area (Å²) in [6, 6.07) is 14.8. The van der Waals surface area contributed by atoms with Crippen LogP contribution in [0.5, 0.6) is 0 Å².